The average Bonchev–Trinajstić information content (AvgIpc) is 3.14. The number of carbonyl (C=O) groups is 1. The molecule has 108 valence electrons. The Morgan fingerprint density at radius 1 is 1.25 bits per heavy atom. The van der Waals surface area contributed by atoms with E-state index < -0.39 is 9.84 Å². The second-order valence-electron chi connectivity index (χ2n) is 5.59. The van der Waals surface area contributed by atoms with Gasteiger partial charge in [0.25, 0.3) is 0 Å². The number of benzene rings is 1. The number of nitrogens with zero attached hydrogens (tertiary/aromatic N) is 2. The first-order valence-corrected chi connectivity index (χ1v) is 8.71. The van der Waals surface area contributed by atoms with E-state index in [0.717, 1.165) is 13.1 Å². The van der Waals surface area contributed by atoms with E-state index in [2.05, 4.69) is 0 Å². The number of hydrogen-bond acceptors (Lipinski definition) is 3. The van der Waals surface area contributed by atoms with E-state index in [1.165, 1.54) is 19.1 Å². The third kappa shape index (κ3) is 2.65. The van der Waals surface area contributed by atoms with Crippen LogP contribution in [0.5, 0.6) is 0 Å². The Morgan fingerprint density at radius 3 is 2.65 bits per heavy atom. The lowest BCUT2D eigenvalue weighted by Gasteiger charge is -2.19. The summed E-state index contributed by atoms with van der Waals surface area (Å²) in [5, 5.41) is 0. The largest absolute Gasteiger partial charge is 0.324 e. The molecule has 0 bridgehead atoms. The highest BCUT2D eigenvalue weighted by molar-refractivity contribution is 7.90. The van der Waals surface area contributed by atoms with Crippen LogP contribution in [0.1, 0.15) is 12.8 Å². The molecule has 2 fully saturated rings. The van der Waals surface area contributed by atoms with Crippen LogP contribution >= 0.6 is 0 Å². The van der Waals surface area contributed by atoms with Gasteiger partial charge in [-0.2, -0.15) is 0 Å². The van der Waals surface area contributed by atoms with Crippen molar-refractivity contribution >= 4 is 21.6 Å². The van der Waals surface area contributed by atoms with Crippen molar-refractivity contribution in [3.05, 3.63) is 24.3 Å². The standard InChI is InChI=1S/C14H18N2O3S/c1-20(18,19)13-4-2-3-12(9-13)16-8-7-15(14(16)17)10-11-5-6-11/h2-4,9,11H,5-8,10H2,1H3. The summed E-state index contributed by atoms with van der Waals surface area (Å²) in [5.41, 5.74) is 0.663. The van der Waals surface area contributed by atoms with E-state index in [0.29, 0.717) is 18.2 Å². The van der Waals surface area contributed by atoms with Gasteiger partial charge in [0.05, 0.1) is 4.90 Å². The Kier molecular flexibility index (Phi) is 3.20. The number of anilines is 1. The van der Waals surface area contributed by atoms with E-state index in [-0.39, 0.29) is 10.9 Å². The highest BCUT2D eigenvalue weighted by atomic mass is 32.2. The summed E-state index contributed by atoms with van der Waals surface area (Å²) >= 11 is 0. The Balaban J connectivity index is 1.81. The van der Waals surface area contributed by atoms with Crippen molar-refractivity contribution < 1.29 is 13.2 Å². The van der Waals surface area contributed by atoms with Gasteiger partial charge in [-0.05, 0) is 37.0 Å². The highest BCUT2D eigenvalue weighted by Crippen LogP contribution is 2.31. The summed E-state index contributed by atoms with van der Waals surface area (Å²) in [6, 6.07) is 6.59. The molecule has 0 unspecified atom stereocenters. The van der Waals surface area contributed by atoms with Crippen molar-refractivity contribution in [1.82, 2.24) is 4.90 Å². The Morgan fingerprint density at radius 2 is 2.00 bits per heavy atom. The van der Waals surface area contributed by atoms with Crippen LogP contribution in [-0.4, -0.2) is 45.2 Å². The van der Waals surface area contributed by atoms with Gasteiger partial charge in [0.2, 0.25) is 0 Å². The van der Waals surface area contributed by atoms with Gasteiger partial charge in [-0.15, -0.1) is 0 Å². The Hall–Kier alpha value is -1.56. The molecule has 0 aromatic heterocycles. The van der Waals surface area contributed by atoms with Crippen molar-refractivity contribution in [2.24, 2.45) is 5.92 Å². The third-order valence-electron chi connectivity index (χ3n) is 3.83. The van der Waals surface area contributed by atoms with Crippen molar-refractivity contribution in [2.45, 2.75) is 17.7 Å². The minimum atomic E-state index is -3.25. The number of sulfone groups is 1. The van der Waals surface area contributed by atoms with Gasteiger partial charge in [0.15, 0.2) is 9.84 Å². The van der Waals surface area contributed by atoms with Crippen LogP contribution in [0.25, 0.3) is 0 Å². The molecule has 1 heterocycles. The fourth-order valence-electron chi connectivity index (χ4n) is 2.49. The van der Waals surface area contributed by atoms with Gasteiger partial charge in [0, 0.05) is 31.6 Å². The lowest BCUT2D eigenvalue weighted by molar-refractivity contribution is 0.218. The average molecular weight is 294 g/mol. The maximum atomic E-state index is 12.3. The van der Waals surface area contributed by atoms with E-state index in [1.807, 2.05) is 4.90 Å². The Bertz CT molecular complexity index is 638. The molecule has 0 spiro atoms. The van der Waals surface area contributed by atoms with Gasteiger partial charge in [-0.1, -0.05) is 6.07 Å². The van der Waals surface area contributed by atoms with Crippen molar-refractivity contribution in [3.8, 4) is 0 Å². The van der Waals surface area contributed by atoms with Gasteiger partial charge in [0.1, 0.15) is 0 Å². The fraction of sp³-hybridized carbons (Fsp3) is 0.500. The first-order chi connectivity index (χ1) is 9.45. The first-order valence-electron chi connectivity index (χ1n) is 6.82. The van der Waals surface area contributed by atoms with Gasteiger partial charge < -0.3 is 4.90 Å². The molecule has 0 N–H and O–H groups in total. The van der Waals surface area contributed by atoms with Crippen LogP contribution in [0.3, 0.4) is 0 Å². The minimum Gasteiger partial charge on any atom is -0.322 e. The smallest absolute Gasteiger partial charge is 0.322 e. The molecular formula is C14H18N2O3S. The molecule has 1 saturated carbocycles. The molecule has 1 aliphatic carbocycles. The van der Waals surface area contributed by atoms with Crippen LogP contribution in [-0.2, 0) is 9.84 Å². The normalized spacial score (nSPS) is 19.8. The number of urea groups is 1. The molecule has 0 atom stereocenters. The molecule has 1 saturated heterocycles. The van der Waals surface area contributed by atoms with Crippen molar-refractivity contribution in [3.63, 3.8) is 0 Å². The van der Waals surface area contributed by atoms with Crippen LogP contribution in [0.2, 0.25) is 0 Å². The van der Waals surface area contributed by atoms with Crippen LogP contribution in [0, 0.1) is 5.92 Å². The molecule has 1 aromatic carbocycles. The lowest BCUT2D eigenvalue weighted by Crippen LogP contribution is -2.33. The molecule has 20 heavy (non-hydrogen) atoms. The lowest BCUT2D eigenvalue weighted by atomic mass is 10.3. The molecule has 6 heteroatoms. The topological polar surface area (TPSA) is 57.7 Å². The minimum absolute atomic E-state index is 0.0115. The number of hydrogen-bond donors (Lipinski definition) is 0. The van der Waals surface area contributed by atoms with Crippen molar-refractivity contribution in [1.29, 1.82) is 0 Å². The zero-order valence-corrected chi connectivity index (χ0v) is 12.3. The summed E-state index contributed by atoms with van der Waals surface area (Å²) in [6.07, 6.45) is 3.61. The predicted octanol–water partition coefficient (Wildman–Crippen LogP) is 1.74. The fourth-order valence-corrected chi connectivity index (χ4v) is 3.15. The van der Waals surface area contributed by atoms with E-state index in [9.17, 15) is 13.2 Å². The van der Waals surface area contributed by atoms with Crippen LogP contribution in [0.4, 0.5) is 10.5 Å². The van der Waals surface area contributed by atoms with Crippen molar-refractivity contribution in [2.75, 3.05) is 30.8 Å². The van der Waals surface area contributed by atoms with Gasteiger partial charge in [-0.3, -0.25) is 4.90 Å². The first kappa shape index (κ1) is 13.4. The van der Waals surface area contributed by atoms with Crippen LogP contribution < -0.4 is 4.90 Å². The molecule has 1 aromatic rings. The second-order valence-corrected chi connectivity index (χ2v) is 7.61. The summed E-state index contributed by atoms with van der Waals surface area (Å²) in [6.45, 7) is 2.18. The highest BCUT2D eigenvalue weighted by Gasteiger charge is 2.34. The maximum Gasteiger partial charge on any atom is 0.324 e. The number of carbonyl (C=O) groups excluding carboxylic acids is 1. The zero-order valence-electron chi connectivity index (χ0n) is 11.4. The quantitative estimate of drug-likeness (QED) is 0.850. The third-order valence-corrected chi connectivity index (χ3v) is 4.94. The summed E-state index contributed by atoms with van der Waals surface area (Å²) in [7, 11) is -3.25. The molecule has 1 aliphatic heterocycles. The second kappa shape index (κ2) is 4.77. The molecular weight excluding hydrogens is 276 g/mol. The van der Waals surface area contributed by atoms with Crippen LogP contribution in [0.15, 0.2) is 29.2 Å². The number of amides is 2. The van der Waals surface area contributed by atoms with Gasteiger partial charge in [-0.25, -0.2) is 13.2 Å². The van der Waals surface area contributed by atoms with E-state index in [1.54, 1.807) is 29.2 Å². The number of rotatable bonds is 4. The monoisotopic (exact) mass is 294 g/mol. The SMILES string of the molecule is CS(=O)(=O)c1cccc(N2CCN(CC3CC3)C2=O)c1. The molecule has 5 nitrogen and oxygen atoms in total. The molecule has 2 amide bonds. The maximum absolute atomic E-state index is 12.3. The molecule has 2 aliphatic rings. The molecule has 3 rings (SSSR count). The van der Waals surface area contributed by atoms with E-state index >= 15 is 0 Å². The summed E-state index contributed by atoms with van der Waals surface area (Å²) in [4.78, 5) is 16.1. The Labute approximate surface area is 119 Å². The summed E-state index contributed by atoms with van der Waals surface area (Å²) < 4.78 is 23.2. The zero-order chi connectivity index (χ0) is 14.3. The summed E-state index contributed by atoms with van der Waals surface area (Å²) in [5.74, 6) is 0.668. The van der Waals surface area contributed by atoms with Gasteiger partial charge >= 0.3 is 6.03 Å². The molecule has 0 radical (unpaired) electrons. The van der Waals surface area contributed by atoms with E-state index in [4.69, 9.17) is 0 Å². The predicted molar refractivity (Wildman–Crippen MR) is 76.6 cm³/mol.